The normalized spacial score (nSPS) is 11.0. The van der Waals surface area contributed by atoms with Crippen molar-refractivity contribution in [3.63, 3.8) is 0 Å². The van der Waals surface area contributed by atoms with Crippen LogP contribution in [-0.4, -0.2) is 46.4 Å². The maximum absolute atomic E-state index is 10.7. The molecule has 2 aromatic heterocycles. The molecular weight excluding hydrogens is 292 g/mol. The lowest BCUT2D eigenvalue weighted by Gasteiger charge is -2.09. The summed E-state index contributed by atoms with van der Waals surface area (Å²) < 4.78 is 3.87. The van der Waals surface area contributed by atoms with Gasteiger partial charge in [-0.1, -0.05) is 18.7 Å². The lowest BCUT2D eigenvalue weighted by atomic mass is 10.3. The summed E-state index contributed by atoms with van der Waals surface area (Å²) in [4.78, 5) is 10.7. The third-order valence-electron chi connectivity index (χ3n) is 2.93. The molecule has 0 radical (unpaired) electrons. The molecule has 0 aliphatic heterocycles. The maximum atomic E-state index is 10.7. The van der Waals surface area contributed by atoms with Crippen molar-refractivity contribution in [1.29, 1.82) is 0 Å². The van der Waals surface area contributed by atoms with Gasteiger partial charge in [0.1, 0.15) is 12.2 Å². The molecule has 0 saturated carbocycles. The fraction of sp³-hybridized carbons (Fsp3) is 0.583. The van der Waals surface area contributed by atoms with Crippen LogP contribution in [-0.2, 0) is 24.3 Å². The summed E-state index contributed by atoms with van der Waals surface area (Å²) in [6.45, 7) is 5.37. The minimum atomic E-state index is -0.872. The average molecular weight is 310 g/mol. The number of thioether (sulfide) groups is 1. The first-order valence-corrected chi connectivity index (χ1v) is 7.77. The smallest absolute Gasteiger partial charge is 0.313 e. The molecule has 0 aromatic carbocycles. The van der Waals surface area contributed by atoms with Gasteiger partial charge in [-0.25, -0.2) is 0 Å². The molecule has 2 aromatic rings. The summed E-state index contributed by atoms with van der Waals surface area (Å²) in [5.74, 6) is 0.747. The van der Waals surface area contributed by atoms with Crippen LogP contribution in [0.4, 0.5) is 0 Å². The van der Waals surface area contributed by atoms with Gasteiger partial charge in [0, 0.05) is 13.0 Å². The van der Waals surface area contributed by atoms with Gasteiger partial charge in [0.05, 0.1) is 12.3 Å². The second-order valence-corrected chi connectivity index (χ2v) is 5.39. The zero-order valence-corrected chi connectivity index (χ0v) is 12.9. The lowest BCUT2D eigenvalue weighted by molar-refractivity contribution is -0.133. The highest BCUT2D eigenvalue weighted by Crippen LogP contribution is 2.19. The van der Waals surface area contributed by atoms with Crippen LogP contribution in [0.1, 0.15) is 31.9 Å². The summed E-state index contributed by atoms with van der Waals surface area (Å²) in [6, 6.07) is 0. The van der Waals surface area contributed by atoms with Gasteiger partial charge in [-0.3, -0.25) is 9.36 Å². The zero-order valence-electron chi connectivity index (χ0n) is 12.1. The molecule has 0 atom stereocenters. The molecule has 1 N–H and O–H groups in total. The predicted octanol–water partition coefficient (Wildman–Crippen LogP) is 1.07. The van der Waals surface area contributed by atoms with Gasteiger partial charge in [-0.05, 0) is 13.3 Å². The fourth-order valence-electron chi connectivity index (χ4n) is 1.93. The number of carboxylic acid groups (broad SMARTS) is 1. The maximum Gasteiger partial charge on any atom is 0.313 e. The molecule has 0 saturated heterocycles. The second-order valence-electron chi connectivity index (χ2n) is 4.45. The van der Waals surface area contributed by atoms with Crippen LogP contribution in [0, 0.1) is 0 Å². The number of nitrogens with zero attached hydrogens (tertiary/aromatic N) is 6. The van der Waals surface area contributed by atoms with E-state index in [-0.39, 0.29) is 5.75 Å². The van der Waals surface area contributed by atoms with Crippen molar-refractivity contribution in [1.82, 2.24) is 29.5 Å². The van der Waals surface area contributed by atoms with E-state index in [1.54, 1.807) is 6.33 Å². The van der Waals surface area contributed by atoms with Gasteiger partial charge in [0.2, 0.25) is 0 Å². The Labute approximate surface area is 126 Å². The average Bonchev–Trinajstić information content (AvgIpc) is 3.05. The van der Waals surface area contributed by atoms with Gasteiger partial charge >= 0.3 is 5.97 Å². The van der Waals surface area contributed by atoms with Crippen LogP contribution in [0.2, 0.25) is 0 Å². The number of rotatable bonds is 8. The molecule has 0 unspecified atom stereocenters. The molecule has 0 bridgehead atoms. The number of aryl methyl sites for hydroxylation is 2. The molecule has 0 aliphatic rings. The van der Waals surface area contributed by atoms with Gasteiger partial charge in [-0.15, -0.1) is 20.4 Å². The van der Waals surface area contributed by atoms with Crippen molar-refractivity contribution in [3.8, 4) is 0 Å². The van der Waals surface area contributed by atoms with E-state index in [0.29, 0.717) is 11.7 Å². The molecule has 0 aliphatic carbocycles. The summed E-state index contributed by atoms with van der Waals surface area (Å²) >= 11 is 1.17. The third kappa shape index (κ3) is 3.81. The van der Waals surface area contributed by atoms with Crippen molar-refractivity contribution < 1.29 is 9.90 Å². The molecule has 2 rings (SSSR count). The van der Waals surface area contributed by atoms with E-state index in [1.165, 1.54) is 11.8 Å². The Morgan fingerprint density at radius 2 is 2.10 bits per heavy atom. The van der Waals surface area contributed by atoms with Crippen LogP contribution in [0.3, 0.4) is 0 Å². The number of hydrogen-bond donors (Lipinski definition) is 1. The van der Waals surface area contributed by atoms with Crippen molar-refractivity contribution >= 4 is 17.7 Å². The van der Waals surface area contributed by atoms with Crippen LogP contribution in [0.25, 0.3) is 0 Å². The Balaban J connectivity index is 2.25. The van der Waals surface area contributed by atoms with Gasteiger partial charge in [0.15, 0.2) is 11.0 Å². The molecule has 114 valence electrons. The van der Waals surface area contributed by atoms with Crippen molar-refractivity contribution in [2.75, 3.05) is 5.75 Å². The molecule has 21 heavy (non-hydrogen) atoms. The van der Waals surface area contributed by atoms with E-state index in [0.717, 1.165) is 31.0 Å². The summed E-state index contributed by atoms with van der Waals surface area (Å²) in [5.41, 5.74) is 0. The van der Waals surface area contributed by atoms with E-state index in [2.05, 4.69) is 27.3 Å². The van der Waals surface area contributed by atoms with Crippen LogP contribution >= 0.6 is 11.8 Å². The molecule has 2 heterocycles. The second kappa shape index (κ2) is 7.21. The first-order valence-electron chi connectivity index (χ1n) is 6.79. The number of aliphatic carboxylic acids is 1. The monoisotopic (exact) mass is 310 g/mol. The van der Waals surface area contributed by atoms with E-state index < -0.39 is 5.97 Å². The van der Waals surface area contributed by atoms with Gasteiger partial charge < -0.3 is 9.67 Å². The number of carboxylic acids is 1. The molecule has 8 nitrogen and oxygen atoms in total. The molecule has 0 amide bonds. The van der Waals surface area contributed by atoms with E-state index in [9.17, 15) is 4.79 Å². The summed E-state index contributed by atoms with van der Waals surface area (Å²) in [5, 5.41) is 25.7. The van der Waals surface area contributed by atoms with Crippen molar-refractivity contribution in [2.45, 2.75) is 44.9 Å². The Morgan fingerprint density at radius 3 is 2.76 bits per heavy atom. The lowest BCUT2D eigenvalue weighted by Crippen LogP contribution is -2.12. The Kier molecular flexibility index (Phi) is 5.32. The topological polar surface area (TPSA) is 98.7 Å². The van der Waals surface area contributed by atoms with Crippen LogP contribution in [0.15, 0.2) is 11.5 Å². The Bertz CT molecular complexity index is 609. The first kappa shape index (κ1) is 15.5. The van der Waals surface area contributed by atoms with E-state index in [4.69, 9.17) is 5.11 Å². The zero-order chi connectivity index (χ0) is 15.2. The summed E-state index contributed by atoms with van der Waals surface area (Å²) in [6.07, 6.45) is 3.42. The number of aromatic nitrogens is 6. The molecule has 0 spiro atoms. The van der Waals surface area contributed by atoms with E-state index in [1.807, 2.05) is 16.1 Å². The molecular formula is C12H18N6O2S. The molecule has 9 heteroatoms. The Hall–Kier alpha value is -1.90. The fourth-order valence-corrected chi connectivity index (χ4v) is 2.60. The van der Waals surface area contributed by atoms with Crippen molar-refractivity contribution in [3.05, 3.63) is 18.0 Å². The van der Waals surface area contributed by atoms with Gasteiger partial charge in [-0.2, -0.15) is 0 Å². The van der Waals surface area contributed by atoms with Crippen LogP contribution in [0.5, 0.6) is 0 Å². The highest BCUT2D eigenvalue weighted by atomic mass is 32.2. The van der Waals surface area contributed by atoms with Crippen LogP contribution < -0.4 is 0 Å². The quantitative estimate of drug-likeness (QED) is 0.728. The highest BCUT2D eigenvalue weighted by Gasteiger charge is 2.16. The Morgan fingerprint density at radius 1 is 1.29 bits per heavy atom. The predicted molar refractivity (Wildman–Crippen MR) is 77.2 cm³/mol. The van der Waals surface area contributed by atoms with Crippen molar-refractivity contribution in [2.24, 2.45) is 0 Å². The highest BCUT2D eigenvalue weighted by molar-refractivity contribution is 7.99. The van der Waals surface area contributed by atoms with Gasteiger partial charge in [0.25, 0.3) is 0 Å². The first-order chi connectivity index (χ1) is 10.2. The third-order valence-corrected chi connectivity index (χ3v) is 3.88. The SMILES string of the molecule is CCCc1nnc(SCC(=O)O)n1Cc1nncn1CC. The largest absolute Gasteiger partial charge is 0.481 e. The number of hydrogen-bond acceptors (Lipinski definition) is 6. The number of carbonyl (C=O) groups is 1. The molecule has 0 fully saturated rings. The minimum absolute atomic E-state index is 0.0370. The standard InChI is InChI=1S/C12H18N6O2S/c1-3-5-9-15-16-12(21-7-11(19)20)18(9)6-10-14-13-8-17(10)4-2/h8H,3-7H2,1-2H3,(H,19,20). The minimum Gasteiger partial charge on any atom is -0.481 e. The summed E-state index contributed by atoms with van der Waals surface area (Å²) in [7, 11) is 0. The van der Waals surface area contributed by atoms with E-state index >= 15 is 0 Å².